The highest BCUT2D eigenvalue weighted by molar-refractivity contribution is 7.89. The molecule has 0 amide bonds. The van der Waals surface area contributed by atoms with Gasteiger partial charge in [-0.05, 0) is 62.6 Å². The second-order valence-corrected chi connectivity index (χ2v) is 9.59. The topological polar surface area (TPSA) is 84.2 Å². The molecule has 1 saturated heterocycles. The Labute approximate surface area is 177 Å². The minimum atomic E-state index is -3.52. The Kier molecular flexibility index (Phi) is 5.33. The number of sulfonamides is 1. The van der Waals surface area contributed by atoms with Crippen molar-refractivity contribution < 1.29 is 8.42 Å². The van der Waals surface area contributed by atoms with E-state index in [0.717, 1.165) is 28.3 Å². The molecule has 1 aromatic carbocycles. The van der Waals surface area contributed by atoms with Gasteiger partial charge in [-0.15, -0.1) is 10.2 Å². The summed E-state index contributed by atoms with van der Waals surface area (Å²) in [6, 6.07) is 7.55. The van der Waals surface area contributed by atoms with Crippen molar-refractivity contribution in [2.45, 2.75) is 32.6 Å². The van der Waals surface area contributed by atoms with Crippen molar-refractivity contribution in [2.24, 2.45) is 0 Å². The molecule has 158 valence electrons. The highest BCUT2D eigenvalue weighted by Gasteiger charge is 2.30. The molecule has 0 unspecified atom stereocenters. The monoisotopic (exact) mass is 426 g/mol. The molecular weight excluding hydrogens is 400 g/mol. The van der Waals surface area contributed by atoms with Gasteiger partial charge in [0.05, 0.1) is 4.90 Å². The second-order valence-electron chi connectivity index (χ2n) is 7.69. The van der Waals surface area contributed by atoms with Crippen LogP contribution in [0.2, 0.25) is 0 Å². The van der Waals surface area contributed by atoms with Gasteiger partial charge < -0.3 is 4.90 Å². The molecule has 9 heteroatoms. The Balaban J connectivity index is 1.47. The average Bonchev–Trinajstić information content (AvgIpc) is 3.16. The number of aromatic nitrogens is 4. The normalized spacial score (nSPS) is 15.5. The number of benzene rings is 1. The Morgan fingerprint density at radius 1 is 0.833 bits per heavy atom. The Bertz CT molecular complexity index is 1160. The molecule has 30 heavy (non-hydrogen) atoms. The van der Waals surface area contributed by atoms with Gasteiger partial charge in [0.15, 0.2) is 11.6 Å². The fraction of sp³-hybridized carbons (Fsp3) is 0.381. The number of hydrogen-bond acceptors (Lipinski definition) is 6. The van der Waals surface area contributed by atoms with E-state index in [-0.39, 0.29) is 0 Å². The first-order valence-electron chi connectivity index (χ1n) is 9.94. The van der Waals surface area contributed by atoms with E-state index in [0.29, 0.717) is 36.9 Å². The first kappa shape index (κ1) is 20.5. The van der Waals surface area contributed by atoms with Crippen LogP contribution >= 0.6 is 0 Å². The van der Waals surface area contributed by atoms with Crippen LogP contribution in [0.25, 0.3) is 5.82 Å². The summed E-state index contributed by atoms with van der Waals surface area (Å²) in [7, 11) is -3.52. The van der Waals surface area contributed by atoms with Crippen molar-refractivity contribution in [3.8, 4) is 5.82 Å². The van der Waals surface area contributed by atoms with Gasteiger partial charge in [0.2, 0.25) is 10.0 Å². The third kappa shape index (κ3) is 3.70. The summed E-state index contributed by atoms with van der Waals surface area (Å²) in [6.07, 6.45) is 3.57. The molecule has 1 aliphatic rings. The molecule has 2 aromatic heterocycles. The van der Waals surface area contributed by atoms with Crippen LogP contribution in [0.5, 0.6) is 0 Å². The maximum Gasteiger partial charge on any atom is 0.243 e. The first-order valence-corrected chi connectivity index (χ1v) is 11.4. The zero-order chi connectivity index (χ0) is 21.5. The molecule has 0 spiro atoms. The van der Waals surface area contributed by atoms with E-state index in [4.69, 9.17) is 0 Å². The lowest BCUT2D eigenvalue weighted by molar-refractivity contribution is 0.383. The number of nitrogens with zero attached hydrogens (tertiary/aromatic N) is 6. The second kappa shape index (κ2) is 7.81. The van der Waals surface area contributed by atoms with Gasteiger partial charge in [-0.2, -0.15) is 4.31 Å². The molecule has 0 N–H and O–H groups in total. The highest BCUT2D eigenvalue weighted by atomic mass is 32.2. The summed E-state index contributed by atoms with van der Waals surface area (Å²) in [6.45, 7) is 9.68. The lowest BCUT2D eigenvalue weighted by Gasteiger charge is -2.34. The summed E-state index contributed by atoms with van der Waals surface area (Å²) in [5.41, 5.74) is 2.88. The van der Waals surface area contributed by atoms with Crippen LogP contribution in [0.15, 0.2) is 41.6 Å². The molecule has 0 bridgehead atoms. The third-order valence-electron chi connectivity index (χ3n) is 5.68. The van der Waals surface area contributed by atoms with Crippen LogP contribution in [-0.4, -0.2) is 58.7 Å². The molecule has 4 rings (SSSR count). The largest absolute Gasteiger partial charge is 0.352 e. The third-order valence-corrected chi connectivity index (χ3v) is 7.72. The van der Waals surface area contributed by atoms with E-state index < -0.39 is 10.0 Å². The summed E-state index contributed by atoms with van der Waals surface area (Å²) < 4.78 is 29.8. The number of anilines is 1. The SMILES string of the molecule is Cc1cc(C)c(S(=O)(=O)N2CCN(c3ccc(-n4ccnc4C)nn3)CC2)cc1C. The van der Waals surface area contributed by atoms with Crippen LogP contribution in [-0.2, 0) is 10.0 Å². The van der Waals surface area contributed by atoms with Crippen molar-refractivity contribution in [3.05, 3.63) is 59.2 Å². The Hall–Kier alpha value is -2.78. The van der Waals surface area contributed by atoms with Crippen LogP contribution in [0.4, 0.5) is 5.82 Å². The van der Waals surface area contributed by atoms with E-state index in [1.165, 1.54) is 0 Å². The lowest BCUT2D eigenvalue weighted by atomic mass is 10.1. The number of imidazole rings is 1. The van der Waals surface area contributed by atoms with E-state index in [1.54, 1.807) is 16.6 Å². The minimum Gasteiger partial charge on any atom is -0.352 e. The van der Waals surface area contributed by atoms with Gasteiger partial charge in [-0.1, -0.05) is 6.07 Å². The van der Waals surface area contributed by atoms with Crippen molar-refractivity contribution in [3.63, 3.8) is 0 Å². The van der Waals surface area contributed by atoms with Crippen LogP contribution in [0.1, 0.15) is 22.5 Å². The van der Waals surface area contributed by atoms with Crippen LogP contribution in [0, 0.1) is 27.7 Å². The standard InChI is InChI=1S/C21H26N6O2S/c1-15-13-17(3)19(14-16(15)2)30(28,29)26-11-9-25(10-12-26)20-5-6-21(24-23-20)27-8-7-22-18(27)4/h5-8,13-14H,9-12H2,1-4H3. The number of rotatable bonds is 4. The van der Waals surface area contributed by atoms with Crippen molar-refractivity contribution >= 4 is 15.8 Å². The van der Waals surface area contributed by atoms with Gasteiger partial charge in [0.1, 0.15) is 5.82 Å². The van der Waals surface area contributed by atoms with E-state index >= 15 is 0 Å². The van der Waals surface area contributed by atoms with Crippen molar-refractivity contribution in [1.82, 2.24) is 24.1 Å². The summed E-state index contributed by atoms with van der Waals surface area (Å²) in [4.78, 5) is 6.67. The van der Waals surface area contributed by atoms with E-state index in [2.05, 4.69) is 20.1 Å². The van der Waals surface area contributed by atoms with Gasteiger partial charge in [0, 0.05) is 38.6 Å². The maximum absolute atomic E-state index is 13.2. The molecule has 3 aromatic rings. The molecule has 0 saturated carbocycles. The number of hydrogen-bond donors (Lipinski definition) is 0. The molecule has 0 atom stereocenters. The molecule has 1 fully saturated rings. The van der Waals surface area contributed by atoms with Gasteiger partial charge >= 0.3 is 0 Å². The lowest BCUT2D eigenvalue weighted by Crippen LogP contribution is -2.49. The molecule has 1 aliphatic heterocycles. The van der Waals surface area contributed by atoms with Gasteiger partial charge in [-0.25, -0.2) is 13.4 Å². The van der Waals surface area contributed by atoms with Crippen LogP contribution < -0.4 is 4.90 Å². The smallest absolute Gasteiger partial charge is 0.243 e. The molecule has 0 aliphatic carbocycles. The maximum atomic E-state index is 13.2. The number of piperazine rings is 1. The first-order chi connectivity index (χ1) is 14.3. The quantitative estimate of drug-likeness (QED) is 0.637. The molecule has 3 heterocycles. The number of aryl methyl sites for hydroxylation is 4. The fourth-order valence-corrected chi connectivity index (χ4v) is 5.46. The molecular formula is C21H26N6O2S. The summed E-state index contributed by atoms with van der Waals surface area (Å²) >= 11 is 0. The molecule has 8 nitrogen and oxygen atoms in total. The Morgan fingerprint density at radius 3 is 2.07 bits per heavy atom. The van der Waals surface area contributed by atoms with E-state index in [1.807, 2.05) is 56.7 Å². The van der Waals surface area contributed by atoms with Gasteiger partial charge in [-0.3, -0.25) is 4.57 Å². The van der Waals surface area contributed by atoms with Crippen LogP contribution in [0.3, 0.4) is 0 Å². The predicted octanol–water partition coefficient (Wildman–Crippen LogP) is 2.41. The Morgan fingerprint density at radius 2 is 1.47 bits per heavy atom. The summed E-state index contributed by atoms with van der Waals surface area (Å²) in [5, 5.41) is 8.64. The zero-order valence-corrected chi connectivity index (χ0v) is 18.5. The predicted molar refractivity (Wildman–Crippen MR) is 116 cm³/mol. The van der Waals surface area contributed by atoms with Crippen molar-refractivity contribution in [1.29, 1.82) is 0 Å². The minimum absolute atomic E-state index is 0.402. The fourth-order valence-electron chi connectivity index (χ4n) is 3.74. The zero-order valence-electron chi connectivity index (χ0n) is 17.7. The van der Waals surface area contributed by atoms with Gasteiger partial charge in [0.25, 0.3) is 0 Å². The van der Waals surface area contributed by atoms with Crippen molar-refractivity contribution in [2.75, 3.05) is 31.1 Å². The average molecular weight is 427 g/mol. The molecule has 0 radical (unpaired) electrons. The van der Waals surface area contributed by atoms with E-state index in [9.17, 15) is 8.42 Å². The summed E-state index contributed by atoms with van der Waals surface area (Å²) in [5.74, 6) is 2.30. The highest BCUT2D eigenvalue weighted by Crippen LogP contribution is 2.25.